The molecule has 3 rings (SSSR count). The summed E-state index contributed by atoms with van der Waals surface area (Å²) in [5, 5.41) is 10.9. The molecular weight excluding hydrogens is 368 g/mol. The Hall–Kier alpha value is -3.12. The minimum Gasteiger partial charge on any atom is -0.507 e. The van der Waals surface area contributed by atoms with E-state index in [2.05, 4.69) is 0 Å². The fourth-order valence-corrected chi connectivity index (χ4v) is 3.43. The Morgan fingerprint density at radius 1 is 1.07 bits per heavy atom. The second kappa shape index (κ2) is 8.92. The van der Waals surface area contributed by atoms with Crippen molar-refractivity contribution in [3.05, 3.63) is 71.3 Å². The average Bonchev–Trinajstić information content (AvgIpc) is 2.98. The molecule has 6 heteroatoms. The van der Waals surface area contributed by atoms with Crippen LogP contribution in [0.1, 0.15) is 24.1 Å². The number of aliphatic hydroxyl groups is 1. The van der Waals surface area contributed by atoms with Crippen LogP contribution in [-0.2, 0) is 9.59 Å². The zero-order valence-electron chi connectivity index (χ0n) is 17.0. The van der Waals surface area contributed by atoms with Gasteiger partial charge in [0.1, 0.15) is 11.5 Å². The van der Waals surface area contributed by atoms with Crippen molar-refractivity contribution in [1.82, 2.24) is 9.80 Å². The van der Waals surface area contributed by atoms with Crippen molar-refractivity contribution in [3.8, 4) is 5.75 Å². The number of hydrogen-bond donors (Lipinski definition) is 1. The molecule has 1 amide bonds. The van der Waals surface area contributed by atoms with Gasteiger partial charge in [-0.05, 0) is 38.7 Å². The van der Waals surface area contributed by atoms with Crippen LogP contribution in [0, 0.1) is 0 Å². The van der Waals surface area contributed by atoms with Gasteiger partial charge in [-0.25, -0.2) is 0 Å². The molecule has 1 aliphatic rings. The van der Waals surface area contributed by atoms with E-state index in [1.165, 1.54) is 4.90 Å². The van der Waals surface area contributed by atoms with E-state index in [-0.39, 0.29) is 11.3 Å². The van der Waals surface area contributed by atoms with Crippen LogP contribution >= 0.6 is 0 Å². The van der Waals surface area contributed by atoms with E-state index in [1.807, 2.05) is 56.3 Å². The van der Waals surface area contributed by atoms with Gasteiger partial charge in [0.2, 0.25) is 0 Å². The number of likely N-dealkylation sites (tertiary alicyclic amines) is 1. The van der Waals surface area contributed by atoms with Gasteiger partial charge >= 0.3 is 0 Å². The molecule has 6 nitrogen and oxygen atoms in total. The number of carbonyl (C=O) groups excluding carboxylic acids is 2. The molecule has 2 aromatic rings. The van der Waals surface area contributed by atoms with Crippen molar-refractivity contribution in [3.63, 3.8) is 0 Å². The number of hydrogen-bond acceptors (Lipinski definition) is 5. The Kier molecular flexibility index (Phi) is 6.34. The SMILES string of the molecule is CCOc1ccc([C@H]2C(=C(O)c3ccccc3)C(=O)C(=O)N2CCN(C)C)cc1. The van der Waals surface area contributed by atoms with Gasteiger partial charge in [0.15, 0.2) is 0 Å². The summed E-state index contributed by atoms with van der Waals surface area (Å²) in [5.41, 5.74) is 1.38. The highest BCUT2D eigenvalue weighted by atomic mass is 16.5. The van der Waals surface area contributed by atoms with E-state index in [9.17, 15) is 14.7 Å². The van der Waals surface area contributed by atoms with Crippen molar-refractivity contribution in [2.45, 2.75) is 13.0 Å². The first-order valence-electron chi connectivity index (χ1n) is 9.65. The van der Waals surface area contributed by atoms with Crippen LogP contribution in [0.25, 0.3) is 5.76 Å². The number of amides is 1. The molecule has 0 saturated carbocycles. The molecular formula is C23H26N2O4. The number of likely N-dealkylation sites (N-methyl/N-ethyl adjacent to an activating group) is 1. The van der Waals surface area contributed by atoms with Gasteiger partial charge in [-0.2, -0.15) is 0 Å². The predicted molar refractivity (Wildman–Crippen MR) is 112 cm³/mol. The maximum Gasteiger partial charge on any atom is 0.295 e. The lowest BCUT2D eigenvalue weighted by Gasteiger charge is -2.26. The van der Waals surface area contributed by atoms with Crippen LogP contribution in [0.2, 0.25) is 0 Å². The molecule has 1 fully saturated rings. The molecule has 1 atom stereocenters. The normalized spacial score (nSPS) is 18.5. The van der Waals surface area contributed by atoms with Crippen molar-refractivity contribution in [1.29, 1.82) is 0 Å². The zero-order chi connectivity index (χ0) is 21.0. The first-order chi connectivity index (χ1) is 13.9. The first-order valence-corrected chi connectivity index (χ1v) is 9.65. The zero-order valence-corrected chi connectivity index (χ0v) is 17.0. The Morgan fingerprint density at radius 3 is 2.31 bits per heavy atom. The predicted octanol–water partition coefficient (Wildman–Crippen LogP) is 3.07. The summed E-state index contributed by atoms with van der Waals surface area (Å²) in [6.07, 6.45) is 0. The lowest BCUT2D eigenvalue weighted by atomic mass is 9.95. The molecule has 152 valence electrons. The van der Waals surface area contributed by atoms with Crippen LogP contribution in [-0.4, -0.2) is 60.4 Å². The highest BCUT2D eigenvalue weighted by molar-refractivity contribution is 6.46. The second-order valence-electron chi connectivity index (χ2n) is 7.16. The molecule has 1 N–H and O–H groups in total. The Labute approximate surface area is 171 Å². The van der Waals surface area contributed by atoms with Crippen LogP contribution in [0.15, 0.2) is 60.2 Å². The summed E-state index contributed by atoms with van der Waals surface area (Å²) in [6, 6.07) is 15.5. The van der Waals surface area contributed by atoms with Crippen molar-refractivity contribution in [2.75, 3.05) is 33.8 Å². The lowest BCUT2D eigenvalue weighted by Crippen LogP contribution is -2.35. The molecule has 0 unspecified atom stereocenters. The number of aliphatic hydroxyl groups excluding tert-OH is 1. The monoisotopic (exact) mass is 394 g/mol. The third-order valence-electron chi connectivity index (χ3n) is 4.88. The number of ether oxygens (including phenoxy) is 1. The number of nitrogens with zero attached hydrogens (tertiary/aromatic N) is 2. The van der Waals surface area contributed by atoms with Gasteiger partial charge < -0.3 is 19.6 Å². The topological polar surface area (TPSA) is 70.1 Å². The second-order valence-corrected chi connectivity index (χ2v) is 7.16. The summed E-state index contributed by atoms with van der Waals surface area (Å²) in [4.78, 5) is 29.2. The van der Waals surface area contributed by atoms with Crippen molar-refractivity contribution < 1.29 is 19.4 Å². The number of rotatable bonds is 7. The summed E-state index contributed by atoms with van der Waals surface area (Å²) < 4.78 is 5.50. The lowest BCUT2D eigenvalue weighted by molar-refractivity contribution is -0.140. The summed E-state index contributed by atoms with van der Waals surface area (Å²) in [7, 11) is 3.82. The molecule has 0 bridgehead atoms. The van der Waals surface area contributed by atoms with Crippen LogP contribution in [0.3, 0.4) is 0 Å². The van der Waals surface area contributed by atoms with Crippen molar-refractivity contribution >= 4 is 17.4 Å². The first kappa shape index (κ1) is 20.6. The quantitative estimate of drug-likeness (QED) is 0.444. The highest BCUT2D eigenvalue weighted by Crippen LogP contribution is 2.39. The summed E-state index contributed by atoms with van der Waals surface area (Å²) >= 11 is 0. The molecule has 0 aromatic heterocycles. The standard InChI is InChI=1S/C23H26N2O4/c1-4-29-18-12-10-16(11-13-18)20-19(21(26)17-8-6-5-7-9-17)22(27)23(28)25(20)15-14-24(2)3/h5-13,20,26H,4,14-15H2,1-3H3/t20-/m0/s1. The third-order valence-corrected chi connectivity index (χ3v) is 4.88. The number of benzene rings is 2. The molecule has 0 radical (unpaired) electrons. The van der Waals surface area contributed by atoms with Crippen LogP contribution in [0.4, 0.5) is 0 Å². The Bertz CT molecular complexity index is 904. The molecule has 0 aliphatic carbocycles. The van der Waals surface area contributed by atoms with Crippen LogP contribution in [0.5, 0.6) is 5.75 Å². The van der Waals surface area contributed by atoms with E-state index < -0.39 is 17.7 Å². The molecule has 1 saturated heterocycles. The van der Waals surface area contributed by atoms with E-state index in [0.717, 1.165) is 5.56 Å². The van der Waals surface area contributed by atoms with Gasteiger partial charge in [-0.3, -0.25) is 9.59 Å². The smallest absolute Gasteiger partial charge is 0.295 e. The Morgan fingerprint density at radius 2 is 1.72 bits per heavy atom. The van der Waals surface area contributed by atoms with Gasteiger partial charge in [0.25, 0.3) is 11.7 Å². The van der Waals surface area contributed by atoms with Gasteiger partial charge in [0, 0.05) is 18.7 Å². The van der Waals surface area contributed by atoms with E-state index >= 15 is 0 Å². The fourth-order valence-electron chi connectivity index (χ4n) is 3.43. The minimum absolute atomic E-state index is 0.115. The average molecular weight is 394 g/mol. The molecule has 1 heterocycles. The minimum atomic E-state index is -0.663. The maximum atomic E-state index is 12.9. The van der Waals surface area contributed by atoms with Gasteiger partial charge in [-0.15, -0.1) is 0 Å². The van der Waals surface area contributed by atoms with E-state index in [4.69, 9.17) is 4.74 Å². The largest absolute Gasteiger partial charge is 0.507 e. The Balaban J connectivity index is 2.09. The van der Waals surface area contributed by atoms with E-state index in [1.54, 1.807) is 24.3 Å². The maximum absolute atomic E-state index is 12.9. The van der Waals surface area contributed by atoms with Gasteiger partial charge in [0.05, 0.1) is 18.2 Å². The fraction of sp³-hybridized carbons (Fsp3) is 0.304. The molecule has 2 aromatic carbocycles. The van der Waals surface area contributed by atoms with Crippen LogP contribution < -0.4 is 4.74 Å². The third kappa shape index (κ3) is 4.32. The summed E-state index contributed by atoms with van der Waals surface area (Å²) in [6.45, 7) is 3.44. The number of ketones is 1. The number of carbonyl (C=O) groups is 2. The van der Waals surface area contributed by atoms with E-state index in [0.29, 0.717) is 31.0 Å². The number of Topliss-reactive ketones (excluding diaryl/α,β-unsaturated/α-hetero) is 1. The van der Waals surface area contributed by atoms with Crippen molar-refractivity contribution in [2.24, 2.45) is 0 Å². The highest BCUT2D eigenvalue weighted by Gasteiger charge is 2.45. The van der Waals surface area contributed by atoms with Gasteiger partial charge in [-0.1, -0.05) is 42.5 Å². The summed E-state index contributed by atoms with van der Waals surface area (Å²) in [5.74, 6) is -0.702. The molecule has 29 heavy (non-hydrogen) atoms. The molecule has 1 aliphatic heterocycles. The molecule has 0 spiro atoms.